The van der Waals surface area contributed by atoms with E-state index >= 15 is 0 Å². The van der Waals surface area contributed by atoms with Crippen molar-refractivity contribution in [3.63, 3.8) is 0 Å². The average Bonchev–Trinajstić information content (AvgIpc) is 2.85. The summed E-state index contributed by atoms with van der Waals surface area (Å²) in [6.07, 6.45) is 2.08. The summed E-state index contributed by atoms with van der Waals surface area (Å²) in [4.78, 5) is 0. The van der Waals surface area contributed by atoms with E-state index in [1.54, 1.807) is 11.8 Å². The van der Waals surface area contributed by atoms with Crippen LogP contribution in [0.4, 0.5) is 0 Å². The number of benzene rings is 1. The number of nitrogens with one attached hydrogen (secondary N) is 1. The molecule has 1 aliphatic rings. The Balaban J connectivity index is 2.05. The fourth-order valence-corrected chi connectivity index (χ4v) is 2.22. The largest absolute Gasteiger partial charge is 0.492 e. The molecule has 0 atom stereocenters. The van der Waals surface area contributed by atoms with E-state index in [1.165, 1.54) is 0 Å². The zero-order chi connectivity index (χ0) is 14.4. The minimum atomic E-state index is 0.294. The van der Waals surface area contributed by atoms with Crippen LogP contribution in [0.25, 0.3) is 0 Å². The van der Waals surface area contributed by atoms with Crippen molar-refractivity contribution in [3.05, 3.63) is 17.7 Å². The van der Waals surface area contributed by atoms with Gasteiger partial charge >= 0.3 is 0 Å². The van der Waals surface area contributed by atoms with Gasteiger partial charge in [-0.25, -0.2) is 0 Å². The maximum absolute atomic E-state index is 5.86. The molecular weight excluding hydrogens is 274 g/mol. The smallest absolute Gasteiger partial charge is 0.231 e. The molecule has 1 aromatic carbocycles. The number of hydrogen-bond acceptors (Lipinski definition) is 5. The summed E-state index contributed by atoms with van der Waals surface area (Å²) in [6, 6.07) is 3.96. The molecule has 0 bridgehead atoms. The molecule has 0 saturated heterocycles. The highest BCUT2D eigenvalue weighted by Crippen LogP contribution is 2.38. The molecule has 0 aliphatic carbocycles. The van der Waals surface area contributed by atoms with Crippen molar-refractivity contribution < 1.29 is 14.2 Å². The van der Waals surface area contributed by atoms with E-state index in [0.717, 1.165) is 41.7 Å². The fourth-order valence-electron chi connectivity index (χ4n) is 1.97. The summed E-state index contributed by atoms with van der Waals surface area (Å²) in [5.74, 6) is 4.08. The molecule has 0 unspecified atom stereocenters. The van der Waals surface area contributed by atoms with Gasteiger partial charge in [0.2, 0.25) is 6.79 Å². The fraction of sp³-hybridized carbons (Fsp3) is 0.600. The van der Waals surface area contributed by atoms with Crippen molar-refractivity contribution in [2.24, 2.45) is 5.92 Å². The molecule has 5 heteroatoms. The Labute approximate surface area is 125 Å². The first kappa shape index (κ1) is 15.3. The zero-order valence-electron chi connectivity index (χ0n) is 12.4. The van der Waals surface area contributed by atoms with Crippen molar-refractivity contribution in [2.75, 3.05) is 32.0 Å². The van der Waals surface area contributed by atoms with Crippen LogP contribution in [0.2, 0.25) is 0 Å². The number of ether oxygens (including phenoxy) is 3. The summed E-state index contributed by atoms with van der Waals surface area (Å²) in [6.45, 7) is 7.16. The monoisotopic (exact) mass is 297 g/mol. The van der Waals surface area contributed by atoms with Crippen molar-refractivity contribution in [1.82, 2.24) is 5.32 Å². The van der Waals surface area contributed by atoms with Crippen LogP contribution in [0.5, 0.6) is 17.2 Å². The first-order valence-electron chi connectivity index (χ1n) is 6.95. The lowest BCUT2D eigenvalue weighted by atomic mass is 10.1. The Morgan fingerprint density at radius 3 is 2.75 bits per heavy atom. The van der Waals surface area contributed by atoms with Crippen molar-refractivity contribution in [3.8, 4) is 17.2 Å². The van der Waals surface area contributed by atoms with Gasteiger partial charge in [0.1, 0.15) is 5.75 Å². The molecule has 1 heterocycles. The van der Waals surface area contributed by atoms with Crippen LogP contribution in [0.1, 0.15) is 19.4 Å². The molecule has 1 N–H and O–H groups in total. The Hall–Kier alpha value is -1.07. The molecule has 0 radical (unpaired) electrons. The molecule has 2 rings (SSSR count). The molecule has 112 valence electrons. The van der Waals surface area contributed by atoms with Gasteiger partial charge in [0.25, 0.3) is 0 Å². The topological polar surface area (TPSA) is 39.7 Å². The lowest BCUT2D eigenvalue weighted by Crippen LogP contribution is -2.19. The van der Waals surface area contributed by atoms with Gasteiger partial charge in [-0.2, -0.15) is 11.8 Å². The van der Waals surface area contributed by atoms with Gasteiger partial charge in [0.15, 0.2) is 11.5 Å². The third kappa shape index (κ3) is 4.21. The summed E-state index contributed by atoms with van der Waals surface area (Å²) in [7, 11) is 0. The van der Waals surface area contributed by atoms with E-state index in [4.69, 9.17) is 14.2 Å². The highest BCUT2D eigenvalue weighted by atomic mass is 32.2. The van der Waals surface area contributed by atoms with E-state index in [0.29, 0.717) is 19.3 Å². The molecule has 0 fully saturated rings. The van der Waals surface area contributed by atoms with Gasteiger partial charge in [0, 0.05) is 23.9 Å². The van der Waals surface area contributed by atoms with Crippen LogP contribution < -0.4 is 19.5 Å². The first-order chi connectivity index (χ1) is 9.70. The van der Waals surface area contributed by atoms with Crippen molar-refractivity contribution in [1.29, 1.82) is 0 Å². The van der Waals surface area contributed by atoms with Gasteiger partial charge in [-0.3, -0.25) is 0 Å². The van der Waals surface area contributed by atoms with Gasteiger partial charge in [-0.05, 0) is 24.8 Å². The second kappa shape index (κ2) is 7.64. The zero-order valence-corrected chi connectivity index (χ0v) is 13.2. The normalized spacial score (nSPS) is 13.0. The van der Waals surface area contributed by atoms with Crippen molar-refractivity contribution >= 4 is 11.8 Å². The quantitative estimate of drug-likeness (QED) is 0.747. The number of thioether (sulfide) groups is 1. The summed E-state index contributed by atoms with van der Waals surface area (Å²) in [5, 5.41) is 3.44. The summed E-state index contributed by atoms with van der Waals surface area (Å²) < 4.78 is 16.7. The van der Waals surface area contributed by atoms with Crippen LogP contribution in [0, 0.1) is 5.92 Å². The van der Waals surface area contributed by atoms with Gasteiger partial charge in [-0.1, -0.05) is 13.8 Å². The first-order valence-corrected chi connectivity index (χ1v) is 8.35. The second-order valence-electron chi connectivity index (χ2n) is 5.18. The molecule has 4 nitrogen and oxygen atoms in total. The summed E-state index contributed by atoms with van der Waals surface area (Å²) >= 11 is 1.78. The minimum Gasteiger partial charge on any atom is -0.492 e. The van der Waals surface area contributed by atoms with E-state index < -0.39 is 0 Å². The third-order valence-electron chi connectivity index (χ3n) is 2.97. The molecule has 0 spiro atoms. The van der Waals surface area contributed by atoms with Gasteiger partial charge in [0.05, 0.1) is 6.61 Å². The standard InChI is InChI=1S/C15H23NO3S/c1-11(2)8-16-9-12-6-14-15(19-10-18-14)7-13(12)17-4-5-20-3/h6-7,11,16H,4-5,8-10H2,1-3H3. The molecule has 0 aromatic heterocycles. The Morgan fingerprint density at radius 2 is 2.05 bits per heavy atom. The predicted molar refractivity (Wildman–Crippen MR) is 83.0 cm³/mol. The highest BCUT2D eigenvalue weighted by Gasteiger charge is 2.18. The van der Waals surface area contributed by atoms with E-state index in [9.17, 15) is 0 Å². The Kier molecular flexibility index (Phi) is 5.86. The maximum Gasteiger partial charge on any atom is 0.231 e. The maximum atomic E-state index is 5.86. The van der Waals surface area contributed by atoms with Gasteiger partial charge in [-0.15, -0.1) is 0 Å². The van der Waals surface area contributed by atoms with Crippen LogP contribution >= 0.6 is 11.8 Å². The van der Waals surface area contributed by atoms with Crippen molar-refractivity contribution in [2.45, 2.75) is 20.4 Å². The third-order valence-corrected chi connectivity index (χ3v) is 3.54. The molecule has 20 heavy (non-hydrogen) atoms. The van der Waals surface area contributed by atoms with Gasteiger partial charge < -0.3 is 19.5 Å². The molecule has 0 saturated carbocycles. The molecule has 0 amide bonds. The average molecular weight is 297 g/mol. The van der Waals surface area contributed by atoms with E-state index in [2.05, 4.69) is 25.4 Å². The van der Waals surface area contributed by atoms with E-state index in [-0.39, 0.29) is 0 Å². The number of rotatable bonds is 8. The molecule has 1 aliphatic heterocycles. The Bertz CT molecular complexity index is 437. The second-order valence-corrected chi connectivity index (χ2v) is 6.16. The van der Waals surface area contributed by atoms with Crippen LogP contribution in [-0.2, 0) is 6.54 Å². The Morgan fingerprint density at radius 1 is 1.30 bits per heavy atom. The predicted octanol–water partition coefficient (Wildman–Crippen LogP) is 2.90. The van der Waals surface area contributed by atoms with E-state index in [1.807, 2.05) is 12.1 Å². The highest BCUT2D eigenvalue weighted by molar-refractivity contribution is 7.98. The minimum absolute atomic E-state index is 0.294. The van der Waals surface area contributed by atoms with Crippen LogP contribution in [0.3, 0.4) is 0 Å². The summed E-state index contributed by atoms with van der Waals surface area (Å²) in [5.41, 5.74) is 1.12. The molecular formula is C15H23NO3S. The SMILES string of the molecule is CSCCOc1cc2c(cc1CNCC(C)C)OCO2. The van der Waals surface area contributed by atoms with Crippen LogP contribution in [-0.4, -0.2) is 32.0 Å². The molecule has 1 aromatic rings. The lowest BCUT2D eigenvalue weighted by Gasteiger charge is -2.14. The lowest BCUT2D eigenvalue weighted by molar-refractivity contribution is 0.173. The number of fused-ring (bicyclic) bond motifs is 1. The number of hydrogen-bond donors (Lipinski definition) is 1. The van der Waals surface area contributed by atoms with Crippen LogP contribution in [0.15, 0.2) is 12.1 Å².